The first kappa shape index (κ1) is 23.1. The third-order valence-electron chi connectivity index (χ3n) is 5.81. The van der Waals surface area contributed by atoms with Gasteiger partial charge in [0.05, 0.1) is 6.04 Å². The van der Waals surface area contributed by atoms with Gasteiger partial charge < -0.3 is 14.4 Å². The van der Waals surface area contributed by atoms with E-state index in [2.05, 4.69) is 0 Å². The van der Waals surface area contributed by atoms with E-state index in [0.717, 1.165) is 31.2 Å². The normalized spacial score (nSPS) is 20.0. The van der Waals surface area contributed by atoms with E-state index in [1.165, 1.54) is 4.90 Å². The van der Waals surface area contributed by atoms with E-state index >= 15 is 0 Å². The smallest absolute Gasteiger partial charge is 0.416 e. The molecular formula is C24H34N2O5. The zero-order chi connectivity index (χ0) is 22.4. The molecule has 1 atom stereocenters. The van der Waals surface area contributed by atoms with Crippen molar-refractivity contribution in [2.45, 2.75) is 70.9 Å². The van der Waals surface area contributed by atoms with Crippen molar-refractivity contribution < 1.29 is 23.9 Å². The Bertz CT molecular complexity index is 766. The van der Waals surface area contributed by atoms with Crippen LogP contribution in [0.3, 0.4) is 0 Å². The van der Waals surface area contributed by atoms with Gasteiger partial charge in [-0.1, -0.05) is 30.3 Å². The molecule has 2 aliphatic heterocycles. The van der Waals surface area contributed by atoms with Gasteiger partial charge in [-0.2, -0.15) is 0 Å². The maximum absolute atomic E-state index is 12.7. The van der Waals surface area contributed by atoms with E-state index in [-0.39, 0.29) is 24.6 Å². The highest BCUT2D eigenvalue weighted by molar-refractivity contribution is 5.93. The van der Waals surface area contributed by atoms with Crippen molar-refractivity contribution in [2.75, 3.05) is 19.7 Å². The molecule has 2 fully saturated rings. The first-order chi connectivity index (χ1) is 14.7. The number of benzene rings is 1. The SMILES string of the molecule is CC(C)(C)OC(=O)N1CCC(CCCC(=O)N2C(=O)OC[C@H]2Cc2ccccc2)CC1. The molecule has 0 aromatic heterocycles. The molecule has 31 heavy (non-hydrogen) atoms. The number of nitrogens with zero attached hydrogens (tertiary/aromatic N) is 2. The molecule has 1 aromatic rings. The topological polar surface area (TPSA) is 76.2 Å². The van der Waals surface area contributed by atoms with Crippen molar-refractivity contribution in [3.63, 3.8) is 0 Å². The number of cyclic esters (lactones) is 1. The second kappa shape index (κ2) is 10.2. The Kier molecular flexibility index (Phi) is 7.57. The van der Waals surface area contributed by atoms with E-state index < -0.39 is 11.7 Å². The molecule has 2 aliphatic rings. The second-order valence-corrected chi connectivity index (χ2v) is 9.49. The summed E-state index contributed by atoms with van der Waals surface area (Å²) in [5.41, 5.74) is 0.601. The zero-order valence-electron chi connectivity index (χ0n) is 18.8. The summed E-state index contributed by atoms with van der Waals surface area (Å²) in [6.07, 6.45) is 3.65. The fraction of sp³-hybridized carbons (Fsp3) is 0.625. The van der Waals surface area contributed by atoms with E-state index in [0.29, 0.717) is 31.8 Å². The van der Waals surface area contributed by atoms with Gasteiger partial charge in [0.2, 0.25) is 5.91 Å². The summed E-state index contributed by atoms with van der Waals surface area (Å²) in [5, 5.41) is 0. The van der Waals surface area contributed by atoms with Crippen molar-refractivity contribution in [3.05, 3.63) is 35.9 Å². The van der Waals surface area contributed by atoms with Crippen LogP contribution in [-0.2, 0) is 20.7 Å². The average molecular weight is 431 g/mol. The van der Waals surface area contributed by atoms with Crippen LogP contribution in [-0.4, -0.2) is 59.2 Å². The molecule has 3 amide bonds. The first-order valence-corrected chi connectivity index (χ1v) is 11.2. The lowest BCUT2D eigenvalue weighted by molar-refractivity contribution is -0.129. The van der Waals surface area contributed by atoms with Crippen LogP contribution >= 0.6 is 0 Å². The van der Waals surface area contributed by atoms with Gasteiger partial charge in [0.15, 0.2) is 0 Å². The first-order valence-electron chi connectivity index (χ1n) is 11.2. The van der Waals surface area contributed by atoms with Crippen molar-refractivity contribution in [3.8, 4) is 0 Å². The molecule has 1 aromatic carbocycles. The summed E-state index contributed by atoms with van der Waals surface area (Å²) < 4.78 is 10.6. The number of carbonyl (C=O) groups is 3. The Morgan fingerprint density at radius 2 is 1.81 bits per heavy atom. The molecule has 0 unspecified atom stereocenters. The van der Waals surface area contributed by atoms with Gasteiger partial charge in [0.25, 0.3) is 0 Å². The molecule has 7 heteroatoms. The van der Waals surface area contributed by atoms with Crippen LogP contribution in [0.2, 0.25) is 0 Å². The van der Waals surface area contributed by atoms with Crippen LogP contribution in [0.1, 0.15) is 58.4 Å². The molecule has 2 saturated heterocycles. The predicted octanol–water partition coefficient (Wildman–Crippen LogP) is 4.39. The van der Waals surface area contributed by atoms with Gasteiger partial charge in [-0.05, 0) is 64.4 Å². The monoisotopic (exact) mass is 430 g/mol. The highest BCUT2D eigenvalue weighted by Crippen LogP contribution is 2.25. The Morgan fingerprint density at radius 3 is 2.45 bits per heavy atom. The fourth-order valence-electron chi connectivity index (χ4n) is 4.20. The number of hydrogen-bond donors (Lipinski definition) is 0. The number of imide groups is 1. The second-order valence-electron chi connectivity index (χ2n) is 9.49. The number of likely N-dealkylation sites (tertiary alicyclic amines) is 1. The molecule has 170 valence electrons. The standard InChI is InChI=1S/C24H34N2O5/c1-24(2,3)31-22(28)25-14-12-18(13-15-25)10-7-11-21(27)26-20(17-30-23(26)29)16-19-8-5-4-6-9-19/h4-6,8-9,18,20H,7,10-17H2,1-3H3/t20-/m1/s1. The number of ether oxygens (including phenoxy) is 2. The summed E-state index contributed by atoms with van der Waals surface area (Å²) in [4.78, 5) is 40.1. The van der Waals surface area contributed by atoms with Crippen LogP contribution < -0.4 is 0 Å². The maximum atomic E-state index is 12.7. The largest absolute Gasteiger partial charge is 0.447 e. The molecule has 3 rings (SSSR count). The summed E-state index contributed by atoms with van der Waals surface area (Å²) in [5.74, 6) is 0.326. The minimum absolute atomic E-state index is 0.158. The molecule has 2 heterocycles. The Morgan fingerprint density at radius 1 is 1.13 bits per heavy atom. The van der Waals surface area contributed by atoms with Crippen molar-refractivity contribution >= 4 is 18.1 Å². The van der Waals surface area contributed by atoms with Gasteiger partial charge >= 0.3 is 12.2 Å². The minimum Gasteiger partial charge on any atom is -0.447 e. The van der Waals surface area contributed by atoms with Crippen molar-refractivity contribution in [1.82, 2.24) is 9.80 Å². The summed E-state index contributed by atoms with van der Waals surface area (Å²) >= 11 is 0. The molecule has 7 nitrogen and oxygen atoms in total. The number of hydrogen-bond acceptors (Lipinski definition) is 5. The lowest BCUT2D eigenvalue weighted by atomic mass is 9.91. The van der Waals surface area contributed by atoms with E-state index in [1.807, 2.05) is 51.1 Å². The third-order valence-corrected chi connectivity index (χ3v) is 5.81. The molecule has 0 radical (unpaired) electrons. The van der Waals surface area contributed by atoms with E-state index in [1.54, 1.807) is 4.90 Å². The fourth-order valence-corrected chi connectivity index (χ4v) is 4.20. The van der Waals surface area contributed by atoms with Crippen molar-refractivity contribution in [2.24, 2.45) is 5.92 Å². The van der Waals surface area contributed by atoms with Gasteiger partial charge in [-0.25, -0.2) is 14.5 Å². The van der Waals surface area contributed by atoms with Gasteiger partial charge in [0, 0.05) is 19.5 Å². The van der Waals surface area contributed by atoms with Gasteiger partial charge in [-0.15, -0.1) is 0 Å². The maximum Gasteiger partial charge on any atom is 0.416 e. The number of rotatable bonds is 6. The highest BCUT2D eigenvalue weighted by atomic mass is 16.6. The lowest BCUT2D eigenvalue weighted by Gasteiger charge is -2.33. The molecule has 0 aliphatic carbocycles. The van der Waals surface area contributed by atoms with Crippen LogP contribution in [0.5, 0.6) is 0 Å². The summed E-state index contributed by atoms with van der Waals surface area (Å²) in [6, 6.07) is 9.60. The van der Waals surface area contributed by atoms with Crippen LogP contribution in [0.15, 0.2) is 30.3 Å². The lowest BCUT2D eigenvalue weighted by Crippen LogP contribution is -2.42. The number of amides is 3. The Hall–Kier alpha value is -2.57. The number of carbonyl (C=O) groups excluding carboxylic acids is 3. The third kappa shape index (κ3) is 6.71. The summed E-state index contributed by atoms with van der Waals surface area (Å²) in [7, 11) is 0. The Labute approximate surface area is 184 Å². The molecule has 0 spiro atoms. The van der Waals surface area contributed by atoms with E-state index in [9.17, 15) is 14.4 Å². The highest BCUT2D eigenvalue weighted by Gasteiger charge is 2.37. The average Bonchev–Trinajstić information content (AvgIpc) is 3.08. The van der Waals surface area contributed by atoms with Crippen LogP contribution in [0, 0.1) is 5.92 Å². The zero-order valence-corrected chi connectivity index (χ0v) is 18.8. The quantitative estimate of drug-likeness (QED) is 0.669. The molecule has 0 saturated carbocycles. The molecule has 0 N–H and O–H groups in total. The van der Waals surface area contributed by atoms with Crippen LogP contribution in [0.25, 0.3) is 0 Å². The van der Waals surface area contributed by atoms with E-state index in [4.69, 9.17) is 9.47 Å². The van der Waals surface area contributed by atoms with Crippen LogP contribution in [0.4, 0.5) is 9.59 Å². The van der Waals surface area contributed by atoms with Gasteiger partial charge in [0.1, 0.15) is 12.2 Å². The Balaban J connectivity index is 1.40. The summed E-state index contributed by atoms with van der Waals surface area (Å²) in [6.45, 7) is 7.23. The molecule has 0 bridgehead atoms. The van der Waals surface area contributed by atoms with Gasteiger partial charge in [-0.3, -0.25) is 4.79 Å². The molecular weight excluding hydrogens is 396 g/mol. The number of piperidine rings is 1. The predicted molar refractivity (Wildman–Crippen MR) is 117 cm³/mol. The van der Waals surface area contributed by atoms with Crippen molar-refractivity contribution in [1.29, 1.82) is 0 Å². The minimum atomic E-state index is -0.531.